The van der Waals surface area contributed by atoms with E-state index in [2.05, 4.69) is 25.3 Å². The molecule has 0 spiro atoms. The maximum absolute atomic E-state index is 12.8. The van der Waals surface area contributed by atoms with Gasteiger partial charge in [0, 0.05) is 25.2 Å². The molecule has 0 aliphatic carbocycles. The van der Waals surface area contributed by atoms with Crippen LogP contribution in [0, 0.1) is 12.8 Å². The molecule has 1 amide bonds. The zero-order valence-electron chi connectivity index (χ0n) is 16.0. The first-order chi connectivity index (χ1) is 13.7. The van der Waals surface area contributed by atoms with Crippen molar-refractivity contribution in [1.82, 2.24) is 20.4 Å². The van der Waals surface area contributed by atoms with Crippen LogP contribution >= 0.6 is 0 Å². The van der Waals surface area contributed by atoms with Crippen molar-refractivity contribution in [2.75, 3.05) is 25.1 Å². The van der Waals surface area contributed by atoms with Crippen molar-refractivity contribution in [1.29, 1.82) is 0 Å². The molecular weight excluding hydrogens is 358 g/mol. The SMILES string of the molecule is COc1ccccc1CNC(=O)[C@H]1CCCN(c2ncnc3onc(C)c23)C1. The summed E-state index contributed by atoms with van der Waals surface area (Å²) in [7, 11) is 1.63. The van der Waals surface area contributed by atoms with Gasteiger partial charge in [-0.3, -0.25) is 4.79 Å². The molecule has 1 aromatic carbocycles. The number of hydrogen-bond donors (Lipinski definition) is 1. The maximum Gasteiger partial charge on any atom is 0.263 e. The number of anilines is 1. The van der Waals surface area contributed by atoms with Crippen LogP contribution < -0.4 is 15.0 Å². The molecule has 1 saturated heterocycles. The van der Waals surface area contributed by atoms with E-state index in [1.165, 1.54) is 6.33 Å². The molecule has 0 saturated carbocycles. The number of aromatic nitrogens is 3. The normalized spacial score (nSPS) is 16.9. The Morgan fingerprint density at radius 3 is 3.07 bits per heavy atom. The summed E-state index contributed by atoms with van der Waals surface area (Å²) in [4.78, 5) is 23.5. The molecule has 0 radical (unpaired) electrons. The Morgan fingerprint density at radius 1 is 1.36 bits per heavy atom. The number of carbonyl (C=O) groups is 1. The third-order valence-corrected chi connectivity index (χ3v) is 5.16. The van der Waals surface area contributed by atoms with E-state index in [1.807, 2.05) is 31.2 Å². The third-order valence-electron chi connectivity index (χ3n) is 5.16. The van der Waals surface area contributed by atoms with Crippen LogP contribution in [0.15, 0.2) is 35.1 Å². The van der Waals surface area contributed by atoms with E-state index >= 15 is 0 Å². The van der Waals surface area contributed by atoms with Gasteiger partial charge in [0.2, 0.25) is 5.91 Å². The number of nitrogens with zero attached hydrogens (tertiary/aromatic N) is 4. The number of para-hydroxylation sites is 1. The Hall–Kier alpha value is -3.16. The molecule has 28 heavy (non-hydrogen) atoms. The highest BCUT2D eigenvalue weighted by Crippen LogP contribution is 2.29. The fraction of sp³-hybridized carbons (Fsp3) is 0.400. The molecule has 0 bridgehead atoms. The van der Waals surface area contributed by atoms with Crippen molar-refractivity contribution < 1.29 is 14.1 Å². The summed E-state index contributed by atoms with van der Waals surface area (Å²) < 4.78 is 10.6. The fourth-order valence-electron chi connectivity index (χ4n) is 3.70. The molecule has 3 heterocycles. The van der Waals surface area contributed by atoms with E-state index < -0.39 is 0 Å². The number of piperidine rings is 1. The fourth-order valence-corrected chi connectivity index (χ4v) is 3.70. The second-order valence-electron chi connectivity index (χ2n) is 6.96. The van der Waals surface area contributed by atoms with E-state index in [1.54, 1.807) is 7.11 Å². The quantitative estimate of drug-likeness (QED) is 0.725. The average molecular weight is 381 g/mol. The van der Waals surface area contributed by atoms with Crippen molar-refractivity contribution in [2.24, 2.45) is 5.92 Å². The largest absolute Gasteiger partial charge is 0.496 e. The third kappa shape index (κ3) is 3.49. The molecule has 0 unspecified atom stereocenters. The molecule has 146 valence electrons. The van der Waals surface area contributed by atoms with E-state index in [4.69, 9.17) is 9.26 Å². The molecule has 8 heteroatoms. The van der Waals surface area contributed by atoms with Crippen LogP contribution in [0.4, 0.5) is 5.82 Å². The minimum atomic E-state index is -0.103. The molecule has 2 aromatic heterocycles. The Labute approximate surface area is 162 Å². The second kappa shape index (κ2) is 7.84. The van der Waals surface area contributed by atoms with Crippen LogP contribution in [0.1, 0.15) is 24.1 Å². The lowest BCUT2D eigenvalue weighted by Crippen LogP contribution is -2.43. The summed E-state index contributed by atoms with van der Waals surface area (Å²) in [5.74, 6) is 1.50. The van der Waals surface area contributed by atoms with Crippen molar-refractivity contribution in [3.05, 3.63) is 41.9 Å². The van der Waals surface area contributed by atoms with Gasteiger partial charge in [-0.15, -0.1) is 0 Å². The minimum Gasteiger partial charge on any atom is -0.496 e. The second-order valence-corrected chi connectivity index (χ2v) is 6.96. The van der Waals surface area contributed by atoms with Gasteiger partial charge in [0.05, 0.1) is 18.7 Å². The number of nitrogens with one attached hydrogen (secondary N) is 1. The van der Waals surface area contributed by atoms with Crippen molar-refractivity contribution in [2.45, 2.75) is 26.3 Å². The van der Waals surface area contributed by atoms with E-state index in [-0.39, 0.29) is 11.8 Å². The highest BCUT2D eigenvalue weighted by Gasteiger charge is 2.28. The highest BCUT2D eigenvalue weighted by molar-refractivity contribution is 5.88. The lowest BCUT2D eigenvalue weighted by molar-refractivity contribution is -0.125. The first-order valence-corrected chi connectivity index (χ1v) is 9.39. The first-order valence-electron chi connectivity index (χ1n) is 9.39. The van der Waals surface area contributed by atoms with Crippen molar-refractivity contribution in [3.63, 3.8) is 0 Å². The number of methoxy groups -OCH3 is 1. The lowest BCUT2D eigenvalue weighted by Gasteiger charge is -2.33. The Balaban J connectivity index is 1.46. The van der Waals surface area contributed by atoms with Gasteiger partial charge >= 0.3 is 0 Å². The molecule has 1 fully saturated rings. The number of ether oxygens (including phenoxy) is 1. The first kappa shape index (κ1) is 18.2. The number of aryl methyl sites for hydroxylation is 1. The van der Waals surface area contributed by atoms with E-state index in [9.17, 15) is 4.79 Å². The van der Waals surface area contributed by atoms with Crippen LogP contribution in [-0.4, -0.2) is 41.2 Å². The molecule has 1 N–H and O–H groups in total. The molecular formula is C20H23N5O3. The predicted molar refractivity (Wildman–Crippen MR) is 104 cm³/mol. The van der Waals surface area contributed by atoms with Crippen LogP contribution in [0.2, 0.25) is 0 Å². The number of carbonyl (C=O) groups excluding carboxylic acids is 1. The molecule has 1 aliphatic heterocycles. The summed E-state index contributed by atoms with van der Waals surface area (Å²) in [6.45, 7) is 3.77. The van der Waals surface area contributed by atoms with Gasteiger partial charge in [0.1, 0.15) is 23.3 Å². The van der Waals surface area contributed by atoms with Crippen LogP contribution in [0.5, 0.6) is 5.75 Å². The molecule has 1 atom stereocenters. The van der Waals surface area contributed by atoms with E-state index in [0.717, 1.165) is 47.6 Å². The number of benzene rings is 1. The summed E-state index contributed by atoms with van der Waals surface area (Å²) in [6.07, 6.45) is 3.25. The standard InChI is InChI=1S/C20H23N5O3/c1-13-17-18(22-12-23-20(17)28-24-13)25-9-5-7-15(11-25)19(26)21-10-14-6-3-4-8-16(14)27-2/h3-4,6,8,12,15H,5,7,9-11H2,1-2H3,(H,21,26)/t15-/m0/s1. The Morgan fingerprint density at radius 2 is 2.21 bits per heavy atom. The Bertz CT molecular complexity index is 987. The molecule has 8 nitrogen and oxygen atoms in total. The van der Waals surface area contributed by atoms with Gasteiger partial charge in [-0.2, -0.15) is 4.98 Å². The zero-order chi connectivity index (χ0) is 19.5. The number of amides is 1. The summed E-state index contributed by atoms with van der Waals surface area (Å²) >= 11 is 0. The van der Waals surface area contributed by atoms with Gasteiger partial charge in [0.15, 0.2) is 0 Å². The molecule has 4 rings (SSSR count). The lowest BCUT2D eigenvalue weighted by atomic mass is 9.96. The smallest absolute Gasteiger partial charge is 0.263 e. The summed E-state index contributed by atoms with van der Waals surface area (Å²) in [5.41, 5.74) is 2.20. The van der Waals surface area contributed by atoms with Gasteiger partial charge in [-0.1, -0.05) is 23.4 Å². The van der Waals surface area contributed by atoms with Gasteiger partial charge in [-0.05, 0) is 25.8 Å². The predicted octanol–water partition coefficient (Wildman–Crippen LogP) is 2.47. The van der Waals surface area contributed by atoms with Gasteiger partial charge in [-0.25, -0.2) is 4.98 Å². The van der Waals surface area contributed by atoms with Crippen molar-refractivity contribution >= 4 is 22.8 Å². The highest BCUT2D eigenvalue weighted by atomic mass is 16.5. The summed E-state index contributed by atoms with van der Waals surface area (Å²) in [5, 5.41) is 7.86. The molecule has 3 aromatic rings. The van der Waals surface area contributed by atoms with Gasteiger partial charge < -0.3 is 19.5 Å². The minimum absolute atomic E-state index is 0.0444. The topological polar surface area (TPSA) is 93.4 Å². The summed E-state index contributed by atoms with van der Waals surface area (Å²) in [6, 6.07) is 7.70. The number of fused-ring (bicyclic) bond motifs is 1. The number of hydrogen-bond acceptors (Lipinski definition) is 7. The monoisotopic (exact) mass is 381 g/mol. The average Bonchev–Trinajstić information content (AvgIpc) is 3.13. The van der Waals surface area contributed by atoms with Crippen LogP contribution in [0.3, 0.4) is 0 Å². The molecule has 1 aliphatic rings. The zero-order valence-corrected chi connectivity index (χ0v) is 16.0. The maximum atomic E-state index is 12.8. The van der Waals surface area contributed by atoms with E-state index in [0.29, 0.717) is 18.8 Å². The Kier molecular flexibility index (Phi) is 5.10. The number of rotatable bonds is 5. The van der Waals surface area contributed by atoms with Gasteiger partial charge in [0.25, 0.3) is 5.71 Å². The van der Waals surface area contributed by atoms with Crippen LogP contribution in [-0.2, 0) is 11.3 Å². The van der Waals surface area contributed by atoms with Crippen LogP contribution in [0.25, 0.3) is 11.1 Å². The van der Waals surface area contributed by atoms with Crippen molar-refractivity contribution in [3.8, 4) is 5.75 Å².